The van der Waals surface area contributed by atoms with Gasteiger partial charge in [-0.25, -0.2) is 0 Å². The first-order valence-corrected chi connectivity index (χ1v) is 5.34. The second-order valence-electron chi connectivity index (χ2n) is 3.48. The van der Waals surface area contributed by atoms with Crippen molar-refractivity contribution in [1.82, 2.24) is 10.2 Å². The first-order chi connectivity index (χ1) is 8.78. The Kier molecular flexibility index (Phi) is 3.80. The highest BCUT2D eigenvalue weighted by Gasteiger charge is 2.04. The maximum atomic E-state index is 11.5. The van der Waals surface area contributed by atoms with E-state index in [0.29, 0.717) is 11.6 Å². The number of nitrogens with zero attached hydrogens (tertiary/aromatic N) is 1. The minimum absolute atomic E-state index is 0.0641. The standard InChI is InChI=1S/C12H13N3O3/c1-17-9-2-4-10(5-3-9)18-8-12(16)14-11-6-7-13-15-11/h2-7H,8H2,1H3,(H2,13,14,15,16). The Bertz CT molecular complexity index is 494. The van der Waals surface area contributed by atoms with Crippen LogP contribution in [0.15, 0.2) is 36.5 Å². The molecule has 0 radical (unpaired) electrons. The molecule has 0 aliphatic heterocycles. The highest BCUT2D eigenvalue weighted by atomic mass is 16.5. The van der Waals surface area contributed by atoms with Gasteiger partial charge in [0.2, 0.25) is 0 Å². The molecule has 2 N–H and O–H groups in total. The van der Waals surface area contributed by atoms with Crippen LogP contribution in [-0.2, 0) is 4.79 Å². The van der Waals surface area contributed by atoms with Crippen molar-refractivity contribution in [2.24, 2.45) is 0 Å². The van der Waals surface area contributed by atoms with E-state index in [1.807, 2.05) is 0 Å². The van der Waals surface area contributed by atoms with E-state index >= 15 is 0 Å². The Hall–Kier alpha value is -2.50. The van der Waals surface area contributed by atoms with Gasteiger partial charge in [0.1, 0.15) is 17.3 Å². The lowest BCUT2D eigenvalue weighted by Crippen LogP contribution is -2.20. The molecule has 0 atom stereocenters. The average molecular weight is 247 g/mol. The van der Waals surface area contributed by atoms with Gasteiger partial charge in [-0.2, -0.15) is 5.10 Å². The second-order valence-corrected chi connectivity index (χ2v) is 3.48. The lowest BCUT2D eigenvalue weighted by atomic mass is 10.3. The Morgan fingerprint density at radius 3 is 2.61 bits per heavy atom. The van der Waals surface area contributed by atoms with Crippen LogP contribution in [0.5, 0.6) is 11.5 Å². The summed E-state index contributed by atoms with van der Waals surface area (Å²) in [7, 11) is 1.59. The number of aromatic amines is 1. The average Bonchev–Trinajstić information content (AvgIpc) is 2.90. The van der Waals surface area contributed by atoms with Crippen molar-refractivity contribution >= 4 is 11.7 Å². The molecule has 1 aromatic carbocycles. The van der Waals surface area contributed by atoms with Gasteiger partial charge in [0, 0.05) is 6.07 Å². The van der Waals surface area contributed by atoms with Gasteiger partial charge < -0.3 is 14.8 Å². The number of carbonyl (C=O) groups excluding carboxylic acids is 1. The molecule has 2 rings (SSSR count). The molecule has 0 aliphatic carbocycles. The number of nitrogens with one attached hydrogen (secondary N) is 2. The molecule has 0 spiro atoms. The molecule has 0 unspecified atom stereocenters. The lowest BCUT2D eigenvalue weighted by Gasteiger charge is -2.06. The van der Waals surface area contributed by atoms with Gasteiger partial charge in [0.25, 0.3) is 5.91 Å². The third kappa shape index (κ3) is 3.24. The number of anilines is 1. The van der Waals surface area contributed by atoms with Crippen LogP contribution in [0.2, 0.25) is 0 Å². The van der Waals surface area contributed by atoms with Crippen molar-refractivity contribution in [3.63, 3.8) is 0 Å². The van der Waals surface area contributed by atoms with E-state index < -0.39 is 0 Å². The summed E-state index contributed by atoms with van der Waals surface area (Å²) in [6.45, 7) is -0.0641. The van der Waals surface area contributed by atoms with E-state index in [9.17, 15) is 4.79 Å². The third-order valence-corrected chi connectivity index (χ3v) is 2.20. The van der Waals surface area contributed by atoms with Crippen LogP contribution in [0.25, 0.3) is 0 Å². The van der Waals surface area contributed by atoms with Crippen LogP contribution in [-0.4, -0.2) is 29.8 Å². The van der Waals surface area contributed by atoms with Crippen molar-refractivity contribution < 1.29 is 14.3 Å². The van der Waals surface area contributed by atoms with Gasteiger partial charge in [-0.05, 0) is 24.3 Å². The zero-order valence-electron chi connectivity index (χ0n) is 9.84. The number of methoxy groups -OCH3 is 1. The first-order valence-electron chi connectivity index (χ1n) is 5.34. The van der Waals surface area contributed by atoms with Crippen molar-refractivity contribution in [3.8, 4) is 11.5 Å². The summed E-state index contributed by atoms with van der Waals surface area (Å²) < 4.78 is 10.3. The highest BCUT2D eigenvalue weighted by molar-refractivity contribution is 5.90. The number of hydrogen-bond donors (Lipinski definition) is 2. The quantitative estimate of drug-likeness (QED) is 0.838. The molecule has 1 amide bonds. The molecule has 6 nitrogen and oxygen atoms in total. The largest absolute Gasteiger partial charge is 0.497 e. The van der Waals surface area contributed by atoms with Gasteiger partial charge >= 0.3 is 0 Å². The van der Waals surface area contributed by atoms with Crippen LogP contribution >= 0.6 is 0 Å². The molecule has 2 aromatic rings. The Balaban J connectivity index is 1.81. The van der Waals surface area contributed by atoms with Crippen molar-refractivity contribution in [2.45, 2.75) is 0 Å². The van der Waals surface area contributed by atoms with Gasteiger partial charge in [0.05, 0.1) is 13.3 Å². The normalized spacial score (nSPS) is 9.83. The van der Waals surface area contributed by atoms with E-state index in [1.54, 1.807) is 43.6 Å². The van der Waals surface area contributed by atoms with E-state index in [4.69, 9.17) is 9.47 Å². The smallest absolute Gasteiger partial charge is 0.263 e. The maximum absolute atomic E-state index is 11.5. The molecule has 1 heterocycles. The minimum Gasteiger partial charge on any atom is -0.497 e. The SMILES string of the molecule is COc1ccc(OCC(=O)Nc2ccn[nH]2)cc1. The summed E-state index contributed by atoms with van der Waals surface area (Å²) in [6.07, 6.45) is 1.56. The van der Waals surface area contributed by atoms with Crippen LogP contribution < -0.4 is 14.8 Å². The predicted octanol–water partition coefficient (Wildman–Crippen LogP) is 1.44. The summed E-state index contributed by atoms with van der Waals surface area (Å²) >= 11 is 0. The topological polar surface area (TPSA) is 76.2 Å². The summed E-state index contributed by atoms with van der Waals surface area (Å²) in [6, 6.07) is 8.67. The number of rotatable bonds is 5. The van der Waals surface area contributed by atoms with E-state index in [0.717, 1.165) is 5.75 Å². The zero-order valence-corrected chi connectivity index (χ0v) is 9.84. The number of H-pyrrole nitrogens is 1. The maximum Gasteiger partial charge on any atom is 0.263 e. The van der Waals surface area contributed by atoms with Crippen molar-refractivity contribution in [3.05, 3.63) is 36.5 Å². The number of ether oxygens (including phenoxy) is 2. The summed E-state index contributed by atoms with van der Waals surface area (Å²) in [5.74, 6) is 1.63. The van der Waals surface area contributed by atoms with E-state index in [2.05, 4.69) is 15.5 Å². The molecule has 0 bridgehead atoms. The molecule has 0 saturated carbocycles. The number of hydrogen-bond acceptors (Lipinski definition) is 4. The Morgan fingerprint density at radius 2 is 2.00 bits per heavy atom. The fourth-order valence-electron chi connectivity index (χ4n) is 1.33. The molecular formula is C12H13N3O3. The van der Waals surface area contributed by atoms with E-state index in [-0.39, 0.29) is 12.5 Å². The molecule has 6 heteroatoms. The molecule has 1 aromatic heterocycles. The molecule has 0 saturated heterocycles. The molecule has 0 aliphatic rings. The summed E-state index contributed by atoms with van der Waals surface area (Å²) in [4.78, 5) is 11.5. The van der Waals surface area contributed by atoms with Gasteiger partial charge in [-0.15, -0.1) is 0 Å². The Labute approximate surface area is 104 Å². The van der Waals surface area contributed by atoms with Crippen molar-refractivity contribution in [2.75, 3.05) is 19.0 Å². The Morgan fingerprint density at radius 1 is 1.28 bits per heavy atom. The van der Waals surface area contributed by atoms with Crippen LogP contribution in [0.1, 0.15) is 0 Å². The molecule has 94 valence electrons. The summed E-state index contributed by atoms with van der Waals surface area (Å²) in [5, 5.41) is 8.95. The lowest BCUT2D eigenvalue weighted by molar-refractivity contribution is -0.118. The number of benzene rings is 1. The molecule has 0 fully saturated rings. The fourth-order valence-corrected chi connectivity index (χ4v) is 1.33. The second kappa shape index (κ2) is 5.72. The van der Waals surface area contributed by atoms with E-state index in [1.165, 1.54) is 0 Å². The van der Waals surface area contributed by atoms with Gasteiger partial charge in [0.15, 0.2) is 6.61 Å². The monoisotopic (exact) mass is 247 g/mol. The predicted molar refractivity (Wildman–Crippen MR) is 65.7 cm³/mol. The van der Waals surface area contributed by atoms with Crippen molar-refractivity contribution in [1.29, 1.82) is 0 Å². The molecular weight excluding hydrogens is 234 g/mol. The minimum atomic E-state index is -0.255. The number of amides is 1. The van der Waals surface area contributed by atoms with Crippen LogP contribution in [0, 0.1) is 0 Å². The zero-order chi connectivity index (χ0) is 12.8. The third-order valence-electron chi connectivity index (χ3n) is 2.20. The highest BCUT2D eigenvalue weighted by Crippen LogP contribution is 2.16. The van der Waals surface area contributed by atoms with Gasteiger partial charge in [-0.1, -0.05) is 0 Å². The fraction of sp³-hybridized carbons (Fsp3) is 0.167. The van der Waals surface area contributed by atoms with Gasteiger partial charge in [-0.3, -0.25) is 9.89 Å². The first kappa shape index (κ1) is 12.0. The summed E-state index contributed by atoms with van der Waals surface area (Å²) in [5.41, 5.74) is 0. The van der Waals surface area contributed by atoms with Crippen LogP contribution in [0.4, 0.5) is 5.82 Å². The number of aromatic nitrogens is 2. The number of carbonyl (C=O) groups is 1. The molecule has 18 heavy (non-hydrogen) atoms. The van der Waals surface area contributed by atoms with Crippen LogP contribution in [0.3, 0.4) is 0 Å².